The van der Waals surface area contributed by atoms with Crippen molar-refractivity contribution in [1.29, 1.82) is 0 Å². The largest absolute Gasteiger partial charge is 0.463 e. The molecule has 15 heavy (non-hydrogen) atoms. The lowest BCUT2D eigenvalue weighted by molar-refractivity contribution is -0.158. The first kappa shape index (κ1) is 13.9. The van der Waals surface area contributed by atoms with Gasteiger partial charge in [-0.15, -0.1) is 0 Å². The summed E-state index contributed by atoms with van der Waals surface area (Å²) < 4.78 is 9.57. The van der Waals surface area contributed by atoms with Gasteiger partial charge in [-0.25, -0.2) is 0 Å². The van der Waals surface area contributed by atoms with E-state index in [2.05, 4.69) is 4.74 Å². The number of aliphatic hydroxyl groups excluding tert-OH is 1. The molecule has 0 unspecified atom stereocenters. The fourth-order valence-electron chi connectivity index (χ4n) is 0.828. The Morgan fingerprint density at radius 1 is 1.13 bits per heavy atom. The Hall–Kier alpha value is -1.10. The van der Waals surface area contributed by atoms with E-state index in [1.807, 2.05) is 0 Å². The zero-order chi connectivity index (χ0) is 11.9. The van der Waals surface area contributed by atoms with Crippen LogP contribution >= 0.6 is 0 Å². The Labute approximate surface area is 89.4 Å². The van der Waals surface area contributed by atoms with Crippen LogP contribution in [0.1, 0.15) is 33.6 Å². The quantitative estimate of drug-likeness (QED) is 0.686. The SMILES string of the molecule is CC(C)(C)OC(=O)CCC(=O)OCCO. The minimum Gasteiger partial charge on any atom is -0.463 e. The number of aliphatic hydroxyl groups is 1. The molecule has 0 saturated carbocycles. The van der Waals surface area contributed by atoms with Gasteiger partial charge in [-0.05, 0) is 20.8 Å². The highest BCUT2D eigenvalue weighted by molar-refractivity contribution is 5.77. The Morgan fingerprint density at radius 2 is 1.67 bits per heavy atom. The maximum Gasteiger partial charge on any atom is 0.306 e. The molecule has 0 saturated heterocycles. The minimum absolute atomic E-state index is 0.00152. The van der Waals surface area contributed by atoms with Crippen LogP contribution in [0.5, 0.6) is 0 Å². The Kier molecular flexibility index (Phi) is 5.93. The van der Waals surface area contributed by atoms with E-state index in [4.69, 9.17) is 9.84 Å². The zero-order valence-corrected chi connectivity index (χ0v) is 9.41. The predicted molar refractivity (Wildman–Crippen MR) is 53.1 cm³/mol. The van der Waals surface area contributed by atoms with Crippen LogP contribution in [0.25, 0.3) is 0 Å². The monoisotopic (exact) mass is 218 g/mol. The fourth-order valence-corrected chi connectivity index (χ4v) is 0.828. The molecule has 0 aromatic rings. The van der Waals surface area contributed by atoms with Gasteiger partial charge in [0.15, 0.2) is 0 Å². The number of carbonyl (C=O) groups is 2. The summed E-state index contributed by atoms with van der Waals surface area (Å²) in [5.41, 5.74) is -0.536. The topological polar surface area (TPSA) is 72.8 Å². The molecule has 0 radical (unpaired) electrons. The van der Waals surface area contributed by atoms with Crippen molar-refractivity contribution in [3.63, 3.8) is 0 Å². The lowest BCUT2D eigenvalue weighted by Crippen LogP contribution is -2.24. The third kappa shape index (κ3) is 9.21. The first-order valence-electron chi connectivity index (χ1n) is 4.83. The molecule has 0 atom stereocenters. The summed E-state index contributed by atoms with van der Waals surface area (Å²) in [5.74, 6) is -0.932. The van der Waals surface area contributed by atoms with E-state index in [1.54, 1.807) is 20.8 Å². The number of esters is 2. The molecule has 0 aliphatic carbocycles. The third-order valence-corrected chi connectivity index (χ3v) is 1.31. The van der Waals surface area contributed by atoms with Crippen LogP contribution < -0.4 is 0 Å². The summed E-state index contributed by atoms with van der Waals surface area (Å²) in [6, 6.07) is 0. The molecule has 1 N–H and O–H groups in total. The van der Waals surface area contributed by atoms with Crippen molar-refractivity contribution in [2.24, 2.45) is 0 Å². The third-order valence-electron chi connectivity index (χ3n) is 1.31. The highest BCUT2D eigenvalue weighted by Crippen LogP contribution is 2.09. The molecule has 0 aromatic carbocycles. The van der Waals surface area contributed by atoms with Gasteiger partial charge in [-0.2, -0.15) is 0 Å². The molecule has 88 valence electrons. The van der Waals surface area contributed by atoms with Crippen LogP contribution in [0, 0.1) is 0 Å². The van der Waals surface area contributed by atoms with Gasteiger partial charge < -0.3 is 14.6 Å². The molecule has 5 heteroatoms. The van der Waals surface area contributed by atoms with Crippen LogP contribution in [-0.4, -0.2) is 35.9 Å². The van der Waals surface area contributed by atoms with Crippen molar-refractivity contribution < 1.29 is 24.2 Å². The number of ether oxygens (including phenoxy) is 2. The first-order valence-corrected chi connectivity index (χ1v) is 4.83. The minimum atomic E-state index is -0.536. The zero-order valence-electron chi connectivity index (χ0n) is 9.41. The number of rotatable bonds is 5. The van der Waals surface area contributed by atoms with E-state index in [0.717, 1.165) is 0 Å². The molecule has 0 aliphatic heterocycles. The highest BCUT2D eigenvalue weighted by Gasteiger charge is 2.17. The lowest BCUT2D eigenvalue weighted by atomic mass is 10.2. The molecule has 0 rings (SSSR count). The van der Waals surface area contributed by atoms with Crippen molar-refractivity contribution in [2.45, 2.75) is 39.2 Å². The molecule has 0 aromatic heterocycles. The molecule has 5 nitrogen and oxygen atoms in total. The standard InChI is InChI=1S/C10H18O5/c1-10(2,3)15-9(13)5-4-8(12)14-7-6-11/h11H,4-7H2,1-3H3. The van der Waals surface area contributed by atoms with E-state index in [9.17, 15) is 9.59 Å². The predicted octanol–water partition coefficient (Wildman–Crippen LogP) is 0.644. The molecule has 0 heterocycles. The van der Waals surface area contributed by atoms with Crippen LogP contribution in [-0.2, 0) is 19.1 Å². The van der Waals surface area contributed by atoms with Gasteiger partial charge in [0.1, 0.15) is 12.2 Å². The van der Waals surface area contributed by atoms with Crippen molar-refractivity contribution in [3.8, 4) is 0 Å². The van der Waals surface area contributed by atoms with E-state index in [-0.39, 0.29) is 26.1 Å². The maximum atomic E-state index is 11.2. The Balaban J connectivity index is 3.67. The second-order valence-corrected chi connectivity index (χ2v) is 4.03. The molecule has 0 bridgehead atoms. The molecule has 0 spiro atoms. The van der Waals surface area contributed by atoms with Gasteiger partial charge in [-0.3, -0.25) is 9.59 Å². The van der Waals surface area contributed by atoms with Crippen molar-refractivity contribution in [1.82, 2.24) is 0 Å². The normalized spacial score (nSPS) is 10.9. The van der Waals surface area contributed by atoms with Crippen molar-refractivity contribution in [2.75, 3.05) is 13.2 Å². The van der Waals surface area contributed by atoms with Crippen LogP contribution in [0.3, 0.4) is 0 Å². The van der Waals surface area contributed by atoms with Gasteiger partial charge in [-0.1, -0.05) is 0 Å². The summed E-state index contributed by atoms with van der Waals surface area (Å²) in [6.45, 7) is 5.03. The second-order valence-electron chi connectivity index (χ2n) is 4.03. The summed E-state index contributed by atoms with van der Waals surface area (Å²) in [4.78, 5) is 22.1. The van der Waals surface area contributed by atoms with E-state index in [1.165, 1.54) is 0 Å². The maximum absolute atomic E-state index is 11.2. The lowest BCUT2D eigenvalue weighted by Gasteiger charge is -2.19. The molecule has 0 aliphatic rings. The molecule has 0 fully saturated rings. The first-order chi connectivity index (χ1) is 6.85. The second kappa shape index (κ2) is 6.40. The number of hydrogen-bond acceptors (Lipinski definition) is 5. The van der Waals surface area contributed by atoms with Gasteiger partial charge >= 0.3 is 11.9 Å². The van der Waals surface area contributed by atoms with Gasteiger partial charge in [0, 0.05) is 0 Å². The van der Waals surface area contributed by atoms with Crippen molar-refractivity contribution >= 4 is 11.9 Å². The molecule has 0 amide bonds. The van der Waals surface area contributed by atoms with E-state index < -0.39 is 17.5 Å². The summed E-state index contributed by atoms with van der Waals surface area (Å²) in [6.07, 6.45) is -0.0174. The van der Waals surface area contributed by atoms with E-state index >= 15 is 0 Å². The summed E-state index contributed by atoms with van der Waals surface area (Å²) in [7, 11) is 0. The van der Waals surface area contributed by atoms with Gasteiger partial charge in [0.2, 0.25) is 0 Å². The van der Waals surface area contributed by atoms with Crippen LogP contribution in [0.2, 0.25) is 0 Å². The van der Waals surface area contributed by atoms with Crippen molar-refractivity contribution in [3.05, 3.63) is 0 Å². The Bertz CT molecular complexity index is 216. The molecular formula is C10H18O5. The average Bonchev–Trinajstić information content (AvgIpc) is 2.08. The Morgan fingerprint density at radius 3 is 2.13 bits per heavy atom. The van der Waals surface area contributed by atoms with Crippen LogP contribution in [0.15, 0.2) is 0 Å². The van der Waals surface area contributed by atoms with E-state index in [0.29, 0.717) is 0 Å². The van der Waals surface area contributed by atoms with Crippen LogP contribution in [0.4, 0.5) is 0 Å². The van der Waals surface area contributed by atoms with Gasteiger partial charge in [0.05, 0.1) is 19.4 Å². The average molecular weight is 218 g/mol. The molecular weight excluding hydrogens is 200 g/mol. The van der Waals surface area contributed by atoms with Gasteiger partial charge in [0.25, 0.3) is 0 Å². The smallest absolute Gasteiger partial charge is 0.306 e. The fraction of sp³-hybridized carbons (Fsp3) is 0.800. The number of carbonyl (C=O) groups excluding carboxylic acids is 2. The highest BCUT2D eigenvalue weighted by atomic mass is 16.6. The summed E-state index contributed by atoms with van der Waals surface area (Å²) in [5, 5.41) is 8.38. The summed E-state index contributed by atoms with van der Waals surface area (Å²) >= 11 is 0. The number of hydrogen-bond donors (Lipinski definition) is 1.